The molecule has 0 atom stereocenters. The number of carbonyl (C=O) groups is 1. The van der Waals surface area contributed by atoms with Gasteiger partial charge < -0.3 is 20.7 Å². The molecule has 0 aromatic rings. The fourth-order valence-corrected chi connectivity index (χ4v) is 1.48. The summed E-state index contributed by atoms with van der Waals surface area (Å²) in [5.74, 6) is 0. The summed E-state index contributed by atoms with van der Waals surface area (Å²) in [6.45, 7) is 6.84. The van der Waals surface area contributed by atoms with Crippen LogP contribution in [0.5, 0.6) is 0 Å². The molecule has 5 heteroatoms. The van der Waals surface area contributed by atoms with Crippen molar-refractivity contribution >= 4 is 6.03 Å². The summed E-state index contributed by atoms with van der Waals surface area (Å²) < 4.78 is 5.50. The predicted molar refractivity (Wildman–Crippen MR) is 54.1 cm³/mol. The molecule has 0 aromatic heterocycles. The van der Waals surface area contributed by atoms with Crippen LogP contribution >= 0.6 is 0 Å². The van der Waals surface area contributed by atoms with Gasteiger partial charge in [0.05, 0.1) is 18.8 Å². The second kappa shape index (κ2) is 4.61. The van der Waals surface area contributed by atoms with Gasteiger partial charge in [-0.15, -0.1) is 0 Å². The number of hydrogen-bond acceptors (Lipinski definition) is 3. The summed E-state index contributed by atoms with van der Waals surface area (Å²) in [6, 6.07) is -0.0492. The Morgan fingerprint density at radius 1 is 1.64 bits per heavy atom. The second-order valence-corrected chi connectivity index (χ2v) is 4.05. The van der Waals surface area contributed by atoms with Gasteiger partial charge in [0.25, 0.3) is 0 Å². The van der Waals surface area contributed by atoms with Gasteiger partial charge in [0, 0.05) is 19.6 Å². The summed E-state index contributed by atoms with van der Waals surface area (Å²) in [5.41, 5.74) is 5.06. The maximum absolute atomic E-state index is 11.5. The molecule has 5 nitrogen and oxygen atoms in total. The summed E-state index contributed by atoms with van der Waals surface area (Å²) in [4.78, 5) is 13.3. The predicted octanol–water partition coefficient (Wildman–Crippen LogP) is -0.234. The molecular formula is C9H19N3O2. The standard InChI is InChI=1S/C9H19N3O2/c1-9(2)7-12(5-6-14-9)8(13)11-4-3-10/h3-7,10H2,1-2H3,(H,11,13). The van der Waals surface area contributed by atoms with Crippen LogP contribution in [0.3, 0.4) is 0 Å². The molecule has 3 N–H and O–H groups in total. The molecule has 1 aliphatic heterocycles. The van der Waals surface area contributed by atoms with Crippen molar-refractivity contribution in [3.8, 4) is 0 Å². The number of ether oxygens (including phenoxy) is 1. The number of carbonyl (C=O) groups excluding carboxylic acids is 1. The highest BCUT2D eigenvalue weighted by atomic mass is 16.5. The molecule has 0 unspecified atom stereocenters. The number of nitrogens with zero attached hydrogens (tertiary/aromatic N) is 1. The minimum Gasteiger partial charge on any atom is -0.372 e. The molecule has 1 aliphatic rings. The third kappa shape index (κ3) is 3.16. The molecule has 1 saturated heterocycles. The number of nitrogens with one attached hydrogen (secondary N) is 1. The van der Waals surface area contributed by atoms with Crippen LogP contribution in [0.1, 0.15) is 13.8 Å². The zero-order valence-corrected chi connectivity index (χ0v) is 8.88. The normalized spacial score (nSPS) is 20.6. The number of morpholine rings is 1. The third-order valence-corrected chi connectivity index (χ3v) is 2.13. The fraction of sp³-hybridized carbons (Fsp3) is 0.889. The highest BCUT2D eigenvalue weighted by Crippen LogP contribution is 2.15. The van der Waals surface area contributed by atoms with Crippen LogP contribution in [-0.2, 0) is 4.74 Å². The molecule has 1 rings (SSSR count). The molecule has 0 aliphatic carbocycles. The van der Waals surface area contributed by atoms with E-state index >= 15 is 0 Å². The van der Waals surface area contributed by atoms with Crippen molar-refractivity contribution in [3.05, 3.63) is 0 Å². The molecule has 1 fully saturated rings. The van der Waals surface area contributed by atoms with Crippen LogP contribution < -0.4 is 11.1 Å². The lowest BCUT2D eigenvalue weighted by atomic mass is 10.1. The van der Waals surface area contributed by atoms with Gasteiger partial charge in [-0.2, -0.15) is 0 Å². The fourth-order valence-electron chi connectivity index (χ4n) is 1.48. The van der Waals surface area contributed by atoms with Gasteiger partial charge in [-0.3, -0.25) is 0 Å². The first-order valence-corrected chi connectivity index (χ1v) is 4.92. The molecule has 0 radical (unpaired) electrons. The zero-order valence-electron chi connectivity index (χ0n) is 8.88. The molecule has 14 heavy (non-hydrogen) atoms. The number of rotatable bonds is 2. The number of hydrogen-bond donors (Lipinski definition) is 2. The molecule has 1 heterocycles. The average molecular weight is 201 g/mol. The molecule has 0 saturated carbocycles. The molecule has 0 bridgehead atoms. The molecule has 0 aromatic carbocycles. The van der Waals surface area contributed by atoms with E-state index < -0.39 is 0 Å². The van der Waals surface area contributed by atoms with E-state index in [1.807, 2.05) is 13.8 Å². The molecular weight excluding hydrogens is 182 g/mol. The first kappa shape index (κ1) is 11.3. The Bertz CT molecular complexity index is 206. The Balaban J connectivity index is 2.40. The second-order valence-electron chi connectivity index (χ2n) is 4.05. The Labute approximate surface area is 84.6 Å². The lowest BCUT2D eigenvalue weighted by Gasteiger charge is -2.38. The molecule has 0 spiro atoms. The zero-order chi connectivity index (χ0) is 10.6. The average Bonchev–Trinajstić information content (AvgIpc) is 2.12. The van der Waals surface area contributed by atoms with E-state index in [1.165, 1.54) is 0 Å². The Morgan fingerprint density at radius 2 is 2.36 bits per heavy atom. The number of nitrogens with two attached hydrogens (primary N) is 1. The van der Waals surface area contributed by atoms with Crippen molar-refractivity contribution < 1.29 is 9.53 Å². The Hall–Kier alpha value is -0.810. The Morgan fingerprint density at radius 3 is 2.93 bits per heavy atom. The molecule has 82 valence electrons. The number of urea groups is 1. The van der Waals surface area contributed by atoms with Gasteiger partial charge >= 0.3 is 6.03 Å². The smallest absolute Gasteiger partial charge is 0.317 e. The molecule has 2 amide bonds. The maximum atomic E-state index is 11.5. The van der Waals surface area contributed by atoms with Crippen LogP contribution in [0.25, 0.3) is 0 Å². The van der Waals surface area contributed by atoms with Crippen molar-refractivity contribution in [2.24, 2.45) is 5.73 Å². The first-order chi connectivity index (χ1) is 6.55. The first-order valence-electron chi connectivity index (χ1n) is 4.92. The number of amides is 2. The monoisotopic (exact) mass is 201 g/mol. The maximum Gasteiger partial charge on any atom is 0.317 e. The minimum absolute atomic E-state index is 0.0492. The third-order valence-electron chi connectivity index (χ3n) is 2.13. The summed E-state index contributed by atoms with van der Waals surface area (Å²) >= 11 is 0. The quantitative estimate of drug-likeness (QED) is 0.648. The van der Waals surface area contributed by atoms with E-state index in [0.717, 1.165) is 0 Å². The van der Waals surface area contributed by atoms with Gasteiger partial charge in [-0.1, -0.05) is 0 Å². The lowest BCUT2D eigenvalue weighted by Crippen LogP contribution is -2.53. The van der Waals surface area contributed by atoms with Crippen LogP contribution in [0.4, 0.5) is 4.79 Å². The van der Waals surface area contributed by atoms with E-state index in [2.05, 4.69) is 5.32 Å². The van der Waals surface area contributed by atoms with Crippen molar-refractivity contribution in [1.29, 1.82) is 0 Å². The van der Waals surface area contributed by atoms with E-state index in [0.29, 0.717) is 32.8 Å². The van der Waals surface area contributed by atoms with Gasteiger partial charge in [0.2, 0.25) is 0 Å². The van der Waals surface area contributed by atoms with E-state index in [4.69, 9.17) is 10.5 Å². The summed E-state index contributed by atoms with van der Waals surface area (Å²) in [7, 11) is 0. The van der Waals surface area contributed by atoms with Crippen LogP contribution in [0.15, 0.2) is 0 Å². The van der Waals surface area contributed by atoms with Crippen LogP contribution in [0.2, 0.25) is 0 Å². The Kier molecular flexibility index (Phi) is 3.71. The van der Waals surface area contributed by atoms with Gasteiger partial charge in [-0.25, -0.2) is 4.79 Å². The van der Waals surface area contributed by atoms with Crippen molar-refractivity contribution in [2.45, 2.75) is 19.4 Å². The highest BCUT2D eigenvalue weighted by Gasteiger charge is 2.29. The van der Waals surface area contributed by atoms with E-state index in [1.54, 1.807) is 4.90 Å². The topological polar surface area (TPSA) is 67.6 Å². The minimum atomic E-state index is -0.238. The van der Waals surface area contributed by atoms with Gasteiger partial charge in [0.15, 0.2) is 0 Å². The largest absolute Gasteiger partial charge is 0.372 e. The lowest BCUT2D eigenvalue weighted by molar-refractivity contribution is -0.0732. The summed E-state index contributed by atoms with van der Waals surface area (Å²) in [6.07, 6.45) is 0. The van der Waals surface area contributed by atoms with E-state index in [-0.39, 0.29) is 11.6 Å². The summed E-state index contributed by atoms with van der Waals surface area (Å²) in [5, 5.41) is 2.75. The van der Waals surface area contributed by atoms with Gasteiger partial charge in [-0.05, 0) is 13.8 Å². The van der Waals surface area contributed by atoms with Gasteiger partial charge in [0.1, 0.15) is 0 Å². The van der Waals surface area contributed by atoms with Crippen LogP contribution in [0, 0.1) is 0 Å². The van der Waals surface area contributed by atoms with E-state index in [9.17, 15) is 4.79 Å². The van der Waals surface area contributed by atoms with Crippen molar-refractivity contribution in [1.82, 2.24) is 10.2 Å². The van der Waals surface area contributed by atoms with Crippen LogP contribution in [-0.4, -0.2) is 49.3 Å². The highest BCUT2D eigenvalue weighted by molar-refractivity contribution is 5.74. The van der Waals surface area contributed by atoms with Crippen molar-refractivity contribution in [2.75, 3.05) is 32.8 Å². The SMILES string of the molecule is CC1(C)CN(C(=O)NCCN)CCO1. The van der Waals surface area contributed by atoms with Crippen molar-refractivity contribution in [3.63, 3.8) is 0 Å².